The Hall–Kier alpha value is -2.63. The van der Waals surface area contributed by atoms with E-state index in [0.29, 0.717) is 11.4 Å². The predicted molar refractivity (Wildman–Crippen MR) is 94.6 cm³/mol. The van der Waals surface area contributed by atoms with Gasteiger partial charge in [-0.1, -0.05) is 13.0 Å². The number of ether oxygens (including phenoxy) is 1. The molecule has 0 saturated heterocycles. The smallest absolute Gasteiger partial charge is 0.255 e. The van der Waals surface area contributed by atoms with Crippen LogP contribution >= 0.6 is 0 Å². The maximum Gasteiger partial charge on any atom is 0.255 e. The second kappa shape index (κ2) is 6.70. The van der Waals surface area contributed by atoms with Gasteiger partial charge in [0.05, 0.1) is 19.1 Å². The highest BCUT2D eigenvalue weighted by molar-refractivity contribution is 6.12. The molecule has 1 unspecified atom stereocenters. The first-order valence-electron chi connectivity index (χ1n) is 8.48. The Balaban J connectivity index is 1.91. The molecule has 6 nitrogen and oxygen atoms in total. The largest absolute Gasteiger partial charge is 0.495 e. The van der Waals surface area contributed by atoms with Gasteiger partial charge in [-0.3, -0.25) is 9.59 Å². The van der Waals surface area contributed by atoms with Crippen LogP contribution in [-0.2, 0) is 9.59 Å². The van der Waals surface area contributed by atoms with Crippen LogP contribution in [0.15, 0.2) is 36.9 Å². The van der Waals surface area contributed by atoms with Crippen molar-refractivity contribution in [2.45, 2.75) is 39.2 Å². The fourth-order valence-electron chi connectivity index (χ4n) is 3.15. The fourth-order valence-corrected chi connectivity index (χ4v) is 3.15. The number of benzene rings is 1. The van der Waals surface area contributed by atoms with Gasteiger partial charge in [0.15, 0.2) is 11.8 Å². The Labute approximate surface area is 147 Å². The van der Waals surface area contributed by atoms with E-state index in [1.807, 2.05) is 26.0 Å². The lowest BCUT2D eigenvalue weighted by atomic mass is 9.91. The summed E-state index contributed by atoms with van der Waals surface area (Å²) in [5.41, 5.74) is 1.18. The lowest BCUT2D eigenvalue weighted by molar-refractivity contribution is -0.134. The summed E-state index contributed by atoms with van der Waals surface area (Å²) in [6, 6.07) is 4.62. The summed E-state index contributed by atoms with van der Waals surface area (Å²) in [5, 5.41) is 2.86. The van der Waals surface area contributed by atoms with E-state index in [1.165, 1.54) is 6.33 Å². The highest BCUT2D eigenvalue weighted by Crippen LogP contribution is 2.51. The van der Waals surface area contributed by atoms with Crippen LogP contribution in [-0.4, -0.2) is 28.4 Å². The molecule has 6 heteroatoms. The number of aromatic nitrogens is 2. The van der Waals surface area contributed by atoms with Crippen molar-refractivity contribution in [3.8, 4) is 5.75 Å². The summed E-state index contributed by atoms with van der Waals surface area (Å²) in [6.45, 7) is 3.93. The number of carbonyl (C=O) groups excluding carboxylic acids is 2. The van der Waals surface area contributed by atoms with E-state index in [1.54, 1.807) is 30.1 Å². The van der Waals surface area contributed by atoms with Gasteiger partial charge in [-0.05, 0) is 43.9 Å². The topological polar surface area (TPSA) is 73.2 Å². The lowest BCUT2D eigenvalue weighted by Gasteiger charge is -2.22. The Morgan fingerprint density at radius 3 is 2.72 bits per heavy atom. The van der Waals surface area contributed by atoms with E-state index in [0.717, 1.165) is 24.8 Å². The van der Waals surface area contributed by atoms with Gasteiger partial charge in [0.2, 0.25) is 0 Å². The standard InChI is InChI=1S/C19H23N3O3/c1-4-19(7-8-19)17(23)16(22-10-9-20-12-22)18(24)21-14-11-13(2)5-6-15(14)25-3/h5-6,9-12,16H,4,7-8H2,1-3H3,(H,21,24). The van der Waals surface area contributed by atoms with Crippen LogP contribution in [0.2, 0.25) is 0 Å². The van der Waals surface area contributed by atoms with Crippen molar-refractivity contribution in [2.24, 2.45) is 5.41 Å². The van der Waals surface area contributed by atoms with E-state index in [9.17, 15) is 9.59 Å². The number of hydrogen-bond acceptors (Lipinski definition) is 4. The van der Waals surface area contributed by atoms with Gasteiger partial charge in [-0.25, -0.2) is 4.98 Å². The van der Waals surface area contributed by atoms with Crippen molar-refractivity contribution < 1.29 is 14.3 Å². The van der Waals surface area contributed by atoms with Gasteiger partial charge in [0.25, 0.3) is 5.91 Å². The highest BCUT2D eigenvalue weighted by atomic mass is 16.5. The fraction of sp³-hybridized carbons (Fsp3) is 0.421. The summed E-state index contributed by atoms with van der Waals surface area (Å²) >= 11 is 0. The van der Waals surface area contributed by atoms with Gasteiger partial charge >= 0.3 is 0 Å². The van der Waals surface area contributed by atoms with Gasteiger partial charge in [-0.2, -0.15) is 0 Å². The van der Waals surface area contributed by atoms with Crippen LogP contribution in [0.3, 0.4) is 0 Å². The number of carbonyl (C=O) groups is 2. The Bertz CT molecular complexity index is 779. The van der Waals surface area contributed by atoms with Crippen molar-refractivity contribution in [3.05, 3.63) is 42.5 Å². The molecule has 0 bridgehead atoms. The third-order valence-electron chi connectivity index (χ3n) is 4.99. The molecule has 0 radical (unpaired) electrons. The SMILES string of the molecule is CCC1(C(=O)C(C(=O)Nc2cc(C)ccc2OC)n2ccnc2)CC1. The van der Waals surface area contributed by atoms with Crippen LogP contribution < -0.4 is 10.1 Å². The van der Waals surface area contributed by atoms with Gasteiger partial charge < -0.3 is 14.6 Å². The second-order valence-corrected chi connectivity index (χ2v) is 6.60. The van der Waals surface area contributed by atoms with E-state index < -0.39 is 6.04 Å². The number of nitrogens with one attached hydrogen (secondary N) is 1. The monoisotopic (exact) mass is 341 g/mol. The van der Waals surface area contributed by atoms with Crippen molar-refractivity contribution in [1.29, 1.82) is 0 Å². The minimum absolute atomic E-state index is 0.0443. The zero-order chi connectivity index (χ0) is 18.0. The first kappa shape index (κ1) is 17.2. The quantitative estimate of drug-likeness (QED) is 0.785. The first-order chi connectivity index (χ1) is 12.0. The maximum absolute atomic E-state index is 13.1. The number of hydrogen-bond donors (Lipinski definition) is 1. The minimum atomic E-state index is -0.921. The Morgan fingerprint density at radius 2 is 2.16 bits per heavy atom. The number of rotatable bonds is 7. The third kappa shape index (κ3) is 3.29. The second-order valence-electron chi connectivity index (χ2n) is 6.60. The molecule has 1 atom stereocenters. The minimum Gasteiger partial charge on any atom is -0.495 e. The Morgan fingerprint density at radius 1 is 1.40 bits per heavy atom. The van der Waals surface area contributed by atoms with E-state index in [-0.39, 0.29) is 17.1 Å². The average molecular weight is 341 g/mol. The summed E-state index contributed by atoms with van der Waals surface area (Å²) in [4.78, 5) is 30.1. The van der Waals surface area contributed by atoms with Crippen LogP contribution in [0.25, 0.3) is 0 Å². The van der Waals surface area contributed by atoms with Gasteiger partial charge in [0, 0.05) is 17.8 Å². The van der Waals surface area contributed by atoms with Crippen molar-refractivity contribution in [1.82, 2.24) is 9.55 Å². The number of imidazole rings is 1. The number of ketones is 1. The molecule has 1 fully saturated rings. The molecule has 1 aliphatic carbocycles. The number of Topliss-reactive ketones (excluding diaryl/α,β-unsaturated/α-hetero) is 1. The zero-order valence-electron chi connectivity index (χ0n) is 14.8. The molecular formula is C19H23N3O3. The molecule has 0 spiro atoms. The molecular weight excluding hydrogens is 318 g/mol. The van der Waals surface area contributed by atoms with Crippen LogP contribution in [0.5, 0.6) is 5.75 Å². The van der Waals surface area contributed by atoms with Crippen LogP contribution in [0.4, 0.5) is 5.69 Å². The third-order valence-corrected chi connectivity index (χ3v) is 4.99. The molecule has 2 aromatic rings. The molecule has 132 valence electrons. The normalized spacial score (nSPS) is 16.1. The van der Waals surface area contributed by atoms with Crippen LogP contribution in [0, 0.1) is 12.3 Å². The molecule has 1 aromatic carbocycles. The molecule has 1 saturated carbocycles. The molecule has 1 amide bonds. The molecule has 1 aromatic heterocycles. The molecule has 3 rings (SSSR count). The number of nitrogens with zero attached hydrogens (tertiary/aromatic N) is 2. The van der Waals surface area contributed by atoms with Crippen LogP contribution in [0.1, 0.15) is 37.8 Å². The first-order valence-corrected chi connectivity index (χ1v) is 8.48. The van der Waals surface area contributed by atoms with E-state index in [2.05, 4.69) is 10.3 Å². The number of amides is 1. The summed E-state index contributed by atoms with van der Waals surface area (Å²) in [6.07, 6.45) is 7.18. The number of aryl methyl sites for hydroxylation is 1. The molecule has 25 heavy (non-hydrogen) atoms. The summed E-state index contributed by atoms with van der Waals surface area (Å²) in [7, 11) is 1.55. The highest BCUT2D eigenvalue weighted by Gasteiger charge is 2.52. The predicted octanol–water partition coefficient (Wildman–Crippen LogP) is 3.14. The molecule has 1 heterocycles. The maximum atomic E-state index is 13.1. The van der Waals surface area contributed by atoms with Gasteiger partial charge in [-0.15, -0.1) is 0 Å². The zero-order valence-corrected chi connectivity index (χ0v) is 14.8. The van der Waals surface area contributed by atoms with E-state index in [4.69, 9.17) is 4.74 Å². The van der Waals surface area contributed by atoms with Crippen molar-refractivity contribution in [3.63, 3.8) is 0 Å². The van der Waals surface area contributed by atoms with Crippen molar-refractivity contribution >= 4 is 17.4 Å². The number of methoxy groups -OCH3 is 1. The Kier molecular flexibility index (Phi) is 4.61. The molecule has 1 N–H and O–H groups in total. The lowest BCUT2D eigenvalue weighted by Crippen LogP contribution is -2.36. The van der Waals surface area contributed by atoms with E-state index >= 15 is 0 Å². The van der Waals surface area contributed by atoms with Gasteiger partial charge in [0.1, 0.15) is 5.75 Å². The van der Waals surface area contributed by atoms with Crippen molar-refractivity contribution in [2.75, 3.05) is 12.4 Å². The average Bonchev–Trinajstić information content (AvgIpc) is 3.23. The number of anilines is 1. The molecule has 0 aliphatic heterocycles. The molecule has 1 aliphatic rings. The summed E-state index contributed by atoms with van der Waals surface area (Å²) < 4.78 is 6.89. The summed E-state index contributed by atoms with van der Waals surface area (Å²) in [5.74, 6) is 0.149.